The van der Waals surface area contributed by atoms with Crippen LogP contribution in [0.3, 0.4) is 0 Å². The first-order valence-corrected chi connectivity index (χ1v) is 9.39. The lowest BCUT2D eigenvalue weighted by atomic mass is 9.88. The molecule has 0 spiro atoms. The lowest BCUT2D eigenvalue weighted by Crippen LogP contribution is -2.20. The molecule has 4 atom stereocenters. The summed E-state index contributed by atoms with van der Waals surface area (Å²) >= 11 is 0. The van der Waals surface area contributed by atoms with Gasteiger partial charge < -0.3 is 15.3 Å². The molecule has 25 heavy (non-hydrogen) atoms. The number of aliphatic hydroxyl groups excluding tert-OH is 2. The lowest BCUT2D eigenvalue weighted by molar-refractivity contribution is -0.137. The number of allylic oxidation sites excluding steroid dienone is 2. The SMILES string of the molecule is CCCCC/C=C\C[C@@H](O)/C=C/[C@@H]1C(=O)C[C@@H](O)[C@@H]1CCCC(=O)O. The molecule has 1 rings (SSSR count). The van der Waals surface area contributed by atoms with E-state index in [-0.39, 0.29) is 24.5 Å². The minimum absolute atomic E-state index is 0.0358. The number of carbonyl (C=O) groups excluding carboxylic acids is 1. The highest BCUT2D eigenvalue weighted by Crippen LogP contribution is 2.34. The molecule has 0 unspecified atom stereocenters. The van der Waals surface area contributed by atoms with Crippen molar-refractivity contribution in [1.82, 2.24) is 0 Å². The van der Waals surface area contributed by atoms with E-state index in [1.807, 2.05) is 6.08 Å². The van der Waals surface area contributed by atoms with Crippen LogP contribution in [-0.2, 0) is 9.59 Å². The number of aliphatic carboxylic acids is 1. The van der Waals surface area contributed by atoms with Gasteiger partial charge in [0.05, 0.1) is 12.2 Å². The highest BCUT2D eigenvalue weighted by molar-refractivity contribution is 5.86. The molecule has 0 heterocycles. The summed E-state index contributed by atoms with van der Waals surface area (Å²) in [6.45, 7) is 2.16. The van der Waals surface area contributed by atoms with Crippen LogP contribution in [0.1, 0.15) is 64.7 Å². The monoisotopic (exact) mass is 352 g/mol. The van der Waals surface area contributed by atoms with Crippen LogP contribution in [0.15, 0.2) is 24.3 Å². The molecule has 0 bridgehead atoms. The van der Waals surface area contributed by atoms with E-state index in [1.165, 1.54) is 12.8 Å². The molecule has 0 aromatic carbocycles. The number of carboxylic acids is 1. The third-order valence-corrected chi connectivity index (χ3v) is 4.72. The number of carbonyl (C=O) groups is 2. The Bertz CT molecular complexity index is 469. The fourth-order valence-corrected chi connectivity index (χ4v) is 3.27. The minimum atomic E-state index is -0.868. The van der Waals surface area contributed by atoms with Crippen LogP contribution >= 0.6 is 0 Å². The van der Waals surface area contributed by atoms with E-state index in [1.54, 1.807) is 12.2 Å². The quantitative estimate of drug-likeness (QED) is 0.370. The van der Waals surface area contributed by atoms with Gasteiger partial charge in [-0.2, -0.15) is 0 Å². The van der Waals surface area contributed by atoms with E-state index in [2.05, 4.69) is 13.0 Å². The molecule has 1 aliphatic carbocycles. The second-order valence-corrected chi connectivity index (χ2v) is 6.87. The summed E-state index contributed by atoms with van der Waals surface area (Å²) < 4.78 is 0. The van der Waals surface area contributed by atoms with E-state index in [9.17, 15) is 19.8 Å². The topological polar surface area (TPSA) is 94.8 Å². The maximum atomic E-state index is 12.0. The van der Waals surface area contributed by atoms with Crippen molar-refractivity contribution in [3.05, 3.63) is 24.3 Å². The maximum absolute atomic E-state index is 12.0. The normalized spacial score (nSPS) is 25.2. The van der Waals surface area contributed by atoms with Gasteiger partial charge in [-0.3, -0.25) is 9.59 Å². The highest BCUT2D eigenvalue weighted by Gasteiger charge is 2.39. The van der Waals surface area contributed by atoms with Crippen LogP contribution in [0.4, 0.5) is 0 Å². The van der Waals surface area contributed by atoms with Crippen LogP contribution in [0.2, 0.25) is 0 Å². The number of rotatable bonds is 12. The van der Waals surface area contributed by atoms with Crippen molar-refractivity contribution >= 4 is 11.8 Å². The molecule has 0 radical (unpaired) electrons. The Balaban J connectivity index is 2.45. The highest BCUT2D eigenvalue weighted by atomic mass is 16.4. The first-order chi connectivity index (χ1) is 12.0. The Labute approximate surface area is 150 Å². The number of aliphatic hydroxyl groups is 2. The second-order valence-electron chi connectivity index (χ2n) is 6.87. The number of Topliss-reactive ketones (excluding diaryl/α,β-unsaturated/α-hetero) is 1. The molecule has 3 N–H and O–H groups in total. The van der Waals surface area contributed by atoms with Gasteiger partial charge in [0.25, 0.3) is 0 Å². The van der Waals surface area contributed by atoms with Crippen molar-refractivity contribution in [2.24, 2.45) is 11.8 Å². The molecule has 0 saturated heterocycles. The standard InChI is InChI=1S/C20H32O5/c1-2-3-4-5-6-7-9-15(21)12-13-17-16(10-8-11-20(24)25)18(22)14-19(17)23/h6-7,12-13,15-18,21-22H,2-5,8-11,14H2,1H3,(H,24,25)/b7-6-,13-12+/t15-,16-,17+,18-/m1/s1. The first kappa shape index (κ1) is 21.6. The summed E-state index contributed by atoms with van der Waals surface area (Å²) in [5.41, 5.74) is 0. The maximum Gasteiger partial charge on any atom is 0.303 e. The number of hydrogen-bond donors (Lipinski definition) is 3. The molecule has 0 amide bonds. The number of hydrogen-bond acceptors (Lipinski definition) is 4. The Hall–Kier alpha value is -1.46. The third-order valence-electron chi connectivity index (χ3n) is 4.72. The average molecular weight is 352 g/mol. The smallest absolute Gasteiger partial charge is 0.303 e. The van der Waals surface area contributed by atoms with Crippen LogP contribution < -0.4 is 0 Å². The number of unbranched alkanes of at least 4 members (excludes halogenated alkanes) is 3. The van der Waals surface area contributed by atoms with Gasteiger partial charge in [0.1, 0.15) is 5.78 Å². The van der Waals surface area contributed by atoms with E-state index >= 15 is 0 Å². The Kier molecular flexibility index (Phi) is 10.3. The summed E-state index contributed by atoms with van der Waals surface area (Å²) in [7, 11) is 0. The summed E-state index contributed by atoms with van der Waals surface area (Å²) in [6.07, 6.45) is 12.2. The lowest BCUT2D eigenvalue weighted by Gasteiger charge is -2.18. The van der Waals surface area contributed by atoms with Crippen molar-refractivity contribution < 1.29 is 24.9 Å². The van der Waals surface area contributed by atoms with Gasteiger partial charge in [0.15, 0.2) is 0 Å². The summed E-state index contributed by atoms with van der Waals surface area (Å²) in [5, 5.41) is 28.8. The van der Waals surface area contributed by atoms with E-state index < -0.39 is 24.1 Å². The van der Waals surface area contributed by atoms with Crippen LogP contribution in [0.25, 0.3) is 0 Å². The zero-order valence-corrected chi connectivity index (χ0v) is 15.1. The van der Waals surface area contributed by atoms with E-state index in [4.69, 9.17) is 5.11 Å². The van der Waals surface area contributed by atoms with Crippen LogP contribution in [0.5, 0.6) is 0 Å². The van der Waals surface area contributed by atoms with Gasteiger partial charge in [-0.1, -0.05) is 44.1 Å². The van der Waals surface area contributed by atoms with Crippen molar-refractivity contribution in [2.75, 3.05) is 0 Å². The number of ketones is 1. The fourth-order valence-electron chi connectivity index (χ4n) is 3.27. The predicted octanol–water partition coefficient (Wildman–Crippen LogP) is 3.25. The Morgan fingerprint density at radius 2 is 2.04 bits per heavy atom. The fraction of sp³-hybridized carbons (Fsp3) is 0.700. The van der Waals surface area contributed by atoms with Crippen molar-refractivity contribution in [1.29, 1.82) is 0 Å². The van der Waals surface area contributed by atoms with E-state index in [0.29, 0.717) is 19.3 Å². The molecule has 5 heteroatoms. The summed E-state index contributed by atoms with van der Waals surface area (Å²) in [6, 6.07) is 0. The van der Waals surface area contributed by atoms with Crippen LogP contribution in [0, 0.1) is 11.8 Å². The zero-order chi connectivity index (χ0) is 18.7. The van der Waals surface area contributed by atoms with Gasteiger partial charge >= 0.3 is 5.97 Å². The van der Waals surface area contributed by atoms with Crippen LogP contribution in [-0.4, -0.2) is 39.3 Å². The molecule has 1 fully saturated rings. The Morgan fingerprint density at radius 1 is 1.28 bits per heavy atom. The predicted molar refractivity (Wildman–Crippen MR) is 97.1 cm³/mol. The summed E-state index contributed by atoms with van der Waals surface area (Å²) in [4.78, 5) is 22.7. The second kappa shape index (κ2) is 12.0. The van der Waals surface area contributed by atoms with Gasteiger partial charge in [-0.05, 0) is 38.0 Å². The van der Waals surface area contributed by atoms with Crippen molar-refractivity contribution in [3.8, 4) is 0 Å². The molecule has 1 aliphatic rings. The zero-order valence-electron chi connectivity index (χ0n) is 15.1. The van der Waals surface area contributed by atoms with Crippen molar-refractivity contribution in [2.45, 2.75) is 76.9 Å². The van der Waals surface area contributed by atoms with Gasteiger partial charge in [-0.15, -0.1) is 0 Å². The third kappa shape index (κ3) is 8.45. The molecule has 0 aliphatic heterocycles. The van der Waals surface area contributed by atoms with Gasteiger partial charge in [-0.25, -0.2) is 0 Å². The minimum Gasteiger partial charge on any atom is -0.481 e. The molecule has 142 valence electrons. The average Bonchev–Trinajstić information content (AvgIpc) is 2.82. The first-order valence-electron chi connectivity index (χ1n) is 9.39. The molecule has 0 aromatic heterocycles. The largest absolute Gasteiger partial charge is 0.481 e. The summed E-state index contributed by atoms with van der Waals surface area (Å²) in [5.74, 6) is -1.58. The molecular formula is C20H32O5. The molecular weight excluding hydrogens is 320 g/mol. The molecule has 5 nitrogen and oxygen atoms in total. The Morgan fingerprint density at radius 3 is 2.72 bits per heavy atom. The van der Waals surface area contributed by atoms with Gasteiger partial charge in [0, 0.05) is 18.8 Å². The molecule has 1 saturated carbocycles. The van der Waals surface area contributed by atoms with Gasteiger partial charge in [0.2, 0.25) is 0 Å². The van der Waals surface area contributed by atoms with E-state index in [0.717, 1.165) is 12.8 Å². The number of carboxylic acid groups (broad SMARTS) is 1. The van der Waals surface area contributed by atoms with Crippen molar-refractivity contribution in [3.63, 3.8) is 0 Å². The molecule has 0 aromatic rings.